The van der Waals surface area contributed by atoms with Gasteiger partial charge in [0.2, 0.25) is 0 Å². The normalized spacial score (nSPS) is 11.0. The largest absolute Gasteiger partial charge is 0.497 e. The zero-order valence-corrected chi connectivity index (χ0v) is 19.6. The van der Waals surface area contributed by atoms with Crippen LogP contribution in [-0.4, -0.2) is 30.5 Å². The number of carbonyl (C=O) groups excluding carboxylic acids is 2. The Labute approximate surface area is 193 Å². The minimum atomic E-state index is -0.515. The first kappa shape index (κ1) is 23.2. The van der Waals surface area contributed by atoms with Crippen LogP contribution in [0.15, 0.2) is 35.8 Å². The molecule has 1 aromatic carbocycles. The zero-order valence-electron chi connectivity index (χ0n) is 18.0. The van der Waals surface area contributed by atoms with Crippen LogP contribution >= 0.6 is 22.7 Å². The predicted molar refractivity (Wildman–Crippen MR) is 126 cm³/mol. The molecule has 0 aliphatic rings. The highest BCUT2D eigenvalue weighted by Gasteiger charge is 2.24. The van der Waals surface area contributed by atoms with Crippen molar-refractivity contribution in [3.05, 3.63) is 56.9 Å². The lowest BCUT2D eigenvalue weighted by molar-refractivity contribution is 0.0527. The number of ketones is 1. The second-order valence-electron chi connectivity index (χ2n) is 6.62. The molecule has 0 bridgehead atoms. The van der Waals surface area contributed by atoms with E-state index in [0.29, 0.717) is 31.6 Å². The lowest BCUT2D eigenvalue weighted by Crippen LogP contribution is -2.08. The van der Waals surface area contributed by atoms with Crippen molar-refractivity contribution < 1.29 is 19.1 Å². The number of nitrogens with one attached hydrogen (secondary N) is 1. The number of nitrogens with zero attached hydrogens (tertiary/aromatic N) is 2. The van der Waals surface area contributed by atoms with Gasteiger partial charge in [-0.15, -0.1) is 22.7 Å². The Morgan fingerprint density at radius 1 is 1.28 bits per heavy atom. The number of aromatic nitrogens is 1. The lowest BCUT2D eigenvalue weighted by atomic mass is 10.1. The predicted octanol–water partition coefficient (Wildman–Crippen LogP) is 5.54. The fraction of sp³-hybridized carbons (Fsp3) is 0.217. The van der Waals surface area contributed by atoms with Crippen LogP contribution in [0, 0.1) is 18.3 Å². The van der Waals surface area contributed by atoms with Crippen LogP contribution in [0.25, 0.3) is 16.8 Å². The van der Waals surface area contributed by atoms with E-state index in [1.807, 2.05) is 29.6 Å². The highest BCUT2D eigenvalue weighted by atomic mass is 32.1. The van der Waals surface area contributed by atoms with Crippen molar-refractivity contribution in [2.45, 2.75) is 20.8 Å². The van der Waals surface area contributed by atoms with Crippen LogP contribution in [-0.2, 0) is 4.74 Å². The van der Waals surface area contributed by atoms with Gasteiger partial charge in [0.1, 0.15) is 27.4 Å². The molecule has 0 atom stereocenters. The second-order valence-corrected chi connectivity index (χ2v) is 8.50. The maximum absolute atomic E-state index is 12.4. The Bertz CT molecular complexity index is 1220. The first-order chi connectivity index (χ1) is 15.4. The third-order valence-electron chi connectivity index (χ3n) is 4.53. The van der Waals surface area contributed by atoms with Gasteiger partial charge >= 0.3 is 5.97 Å². The zero-order chi connectivity index (χ0) is 23.3. The van der Waals surface area contributed by atoms with Gasteiger partial charge < -0.3 is 14.8 Å². The number of nitriles is 1. The van der Waals surface area contributed by atoms with Gasteiger partial charge in [-0.3, -0.25) is 4.79 Å². The average molecular weight is 468 g/mol. The number of hydrogen-bond donors (Lipinski definition) is 1. The van der Waals surface area contributed by atoms with Crippen LogP contribution in [0.2, 0.25) is 0 Å². The summed E-state index contributed by atoms with van der Waals surface area (Å²) in [5.74, 6) is 0.0958. The number of rotatable bonds is 8. The van der Waals surface area contributed by atoms with E-state index in [0.717, 1.165) is 28.3 Å². The summed E-state index contributed by atoms with van der Waals surface area (Å²) in [6.07, 6.45) is 1.49. The Kier molecular flexibility index (Phi) is 7.41. The number of anilines is 1. The maximum atomic E-state index is 12.4. The van der Waals surface area contributed by atoms with Gasteiger partial charge in [0.25, 0.3) is 0 Å². The van der Waals surface area contributed by atoms with Crippen LogP contribution in [0.3, 0.4) is 0 Å². The summed E-state index contributed by atoms with van der Waals surface area (Å²) in [7, 11) is 1.61. The molecule has 3 aromatic rings. The molecule has 0 amide bonds. The molecule has 2 aromatic heterocycles. The first-order valence-corrected chi connectivity index (χ1v) is 11.4. The van der Waals surface area contributed by atoms with Crippen molar-refractivity contribution in [3.8, 4) is 23.1 Å². The summed E-state index contributed by atoms with van der Waals surface area (Å²) in [6.45, 7) is 5.09. The van der Waals surface area contributed by atoms with E-state index in [1.54, 1.807) is 21.0 Å². The topological polar surface area (TPSA) is 101 Å². The molecule has 1 N–H and O–H groups in total. The Morgan fingerprint density at radius 3 is 2.59 bits per heavy atom. The van der Waals surface area contributed by atoms with E-state index >= 15 is 0 Å². The molecular weight excluding hydrogens is 446 g/mol. The monoisotopic (exact) mass is 467 g/mol. The third kappa shape index (κ3) is 4.88. The fourth-order valence-electron chi connectivity index (χ4n) is 2.97. The molecule has 0 saturated carbocycles. The summed E-state index contributed by atoms with van der Waals surface area (Å²) in [4.78, 5) is 29.4. The molecule has 0 aliphatic carbocycles. The molecule has 0 aliphatic heterocycles. The molecule has 0 saturated heterocycles. The summed E-state index contributed by atoms with van der Waals surface area (Å²) in [6, 6.07) is 9.63. The lowest BCUT2D eigenvalue weighted by Gasteiger charge is -2.05. The Balaban J connectivity index is 1.90. The number of benzene rings is 1. The number of methoxy groups -OCH3 is 1. The third-order valence-corrected chi connectivity index (χ3v) is 6.73. The van der Waals surface area contributed by atoms with Gasteiger partial charge in [0.05, 0.1) is 29.9 Å². The molecule has 0 radical (unpaired) electrons. The van der Waals surface area contributed by atoms with Gasteiger partial charge in [0.15, 0.2) is 5.78 Å². The van der Waals surface area contributed by atoms with Crippen LogP contribution in [0.4, 0.5) is 5.00 Å². The minimum absolute atomic E-state index is 0.139. The van der Waals surface area contributed by atoms with Gasteiger partial charge in [-0.2, -0.15) is 5.26 Å². The molecule has 0 unspecified atom stereocenters. The van der Waals surface area contributed by atoms with Gasteiger partial charge in [-0.1, -0.05) is 0 Å². The highest BCUT2D eigenvalue weighted by Crippen LogP contribution is 2.35. The standard InChI is InChI=1S/C23H21N3O4S2/c1-5-30-23(28)19-13(2)20(14(3)27)32-22(19)25-11-16(10-24)21-26-18(12-31-21)15-6-8-17(29-4)9-7-15/h6-9,11-12,25H,5H2,1-4H3/b16-11-. The van der Waals surface area contributed by atoms with E-state index in [1.165, 1.54) is 24.5 Å². The quantitative estimate of drug-likeness (QED) is 0.263. The number of ether oxygens (including phenoxy) is 2. The van der Waals surface area contributed by atoms with Crippen molar-refractivity contribution in [2.75, 3.05) is 19.0 Å². The van der Waals surface area contributed by atoms with Crippen LogP contribution < -0.4 is 10.1 Å². The summed E-state index contributed by atoms with van der Waals surface area (Å²) in [5.41, 5.74) is 2.81. The Hall–Kier alpha value is -3.48. The molecule has 164 valence electrons. The molecule has 0 fully saturated rings. The van der Waals surface area contributed by atoms with Gasteiger partial charge in [0, 0.05) is 17.1 Å². The number of thiophene rings is 1. The summed E-state index contributed by atoms with van der Waals surface area (Å²) in [5, 5.41) is 15.5. The number of carbonyl (C=O) groups is 2. The SMILES string of the molecule is CCOC(=O)c1c(N/C=C(/C#N)c2nc(-c3ccc(OC)cc3)cs2)sc(C(C)=O)c1C. The average Bonchev–Trinajstić information content (AvgIpc) is 3.39. The molecule has 0 spiro atoms. The van der Waals surface area contributed by atoms with E-state index in [9.17, 15) is 14.9 Å². The first-order valence-electron chi connectivity index (χ1n) is 9.68. The Morgan fingerprint density at radius 2 is 2.00 bits per heavy atom. The highest BCUT2D eigenvalue weighted by molar-refractivity contribution is 7.18. The summed E-state index contributed by atoms with van der Waals surface area (Å²) >= 11 is 2.50. The van der Waals surface area contributed by atoms with Crippen molar-refractivity contribution in [1.29, 1.82) is 5.26 Å². The van der Waals surface area contributed by atoms with E-state index in [-0.39, 0.29) is 12.4 Å². The number of thiazole rings is 1. The maximum Gasteiger partial charge on any atom is 0.341 e. The van der Waals surface area contributed by atoms with E-state index < -0.39 is 5.97 Å². The van der Waals surface area contributed by atoms with Crippen molar-refractivity contribution in [2.24, 2.45) is 0 Å². The summed E-state index contributed by atoms with van der Waals surface area (Å²) < 4.78 is 10.3. The van der Waals surface area contributed by atoms with Crippen molar-refractivity contribution >= 4 is 45.0 Å². The smallest absolute Gasteiger partial charge is 0.341 e. The van der Waals surface area contributed by atoms with E-state index in [2.05, 4.69) is 16.4 Å². The molecule has 9 heteroatoms. The number of allylic oxidation sites excluding steroid dienone is 1. The molecule has 2 heterocycles. The minimum Gasteiger partial charge on any atom is -0.497 e. The second kappa shape index (κ2) is 10.2. The number of Topliss-reactive ketones (excluding diaryl/α,β-unsaturated/α-hetero) is 1. The van der Waals surface area contributed by atoms with Gasteiger partial charge in [-0.05, 0) is 50.6 Å². The fourth-order valence-corrected chi connectivity index (χ4v) is 4.83. The van der Waals surface area contributed by atoms with E-state index in [4.69, 9.17) is 9.47 Å². The van der Waals surface area contributed by atoms with Crippen LogP contribution in [0.1, 0.15) is 44.4 Å². The molecule has 32 heavy (non-hydrogen) atoms. The van der Waals surface area contributed by atoms with Crippen molar-refractivity contribution in [1.82, 2.24) is 4.98 Å². The van der Waals surface area contributed by atoms with Crippen molar-refractivity contribution in [3.63, 3.8) is 0 Å². The molecular formula is C23H21N3O4S2. The van der Waals surface area contributed by atoms with Gasteiger partial charge in [-0.25, -0.2) is 9.78 Å². The number of esters is 1. The van der Waals surface area contributed by atoms with Crippen LogP contribution in [0.5, 0.6) is 5.75 Å². The molecule has 3 rings (SSSR count). The molecule has 7 nitrogen and oxygen atoms in total. The number of hydrogen-bond acceptors (Lipinski definition) is 9.